The molecule has 1 aliphatic rings. The minimum absolute atomic E-state index is 0.0222. The van der Waals surface area contributed by atoms with Gasteiger partial charge in [0.15, 0.2) is 5.78 Å². The number of benzene rings is 1. The topological polar surface area (TPSA) is 72.8 Å². The Morgan fingerprint density at radius 3 is 2.33 bits per heavy atom. The summed E-state index contributed by atoms with van der Waals surface area (Å²) < 4.78 is 29.0. The molecule has 0 atom stereocenters. The predicted molar refractivity (Wildman–Crippen MR) is 82.7 cm³/mol. The van der Waals surface area contributed by atoms with Gasteiger partial charge in [-0.3, -0.25) is 9.08 Å². The van der Waals surface area contributed by atoms with E-state index in [0.29, 0.717) is 10.1 Å². The van der Waals surface area contributed by atoms with Crippen molar-refractivity contribution < 1.29 is 17.5 Å². The van der Waals surface area contributed by atoms with Gasteiger partial charge in [0, 0.05) is 0 Å². The smallest absolute Gasteiger partial charge is 0.289 e. The van der Waals surface area contributed by atoms with Crippen molar-refractivity contribution in [1.82, 2.24) is 0 Å². The van der Waals surface area contributed by atoms with Crippen molar-refractivity contribution in [1.29, 1.82) is 0 Å². The number of allylic oxidation sites excluding steroid dienone is 4. The average Bonchev–Trinajstić information content (AvgIpc) is 2.42. The molecule has 2 rings (SSSR count). The number of rotatable bonds is 3. The zero-order valence-electron chi connectivity index (χ0n) is 11.3. The molecule has 0 amide bonds. The Balaban J connectivity index is 2.26. The molecule has 1 aromatic carbocycles. The van der Waals surface area contributed by atoms with Crippen LogP contribution in [0.1, 0.15) is 12.5 Å². The number of aryl methyl sites for hydroxylation is 1. The summed E-state index contributed by atoms with van der Waals surface area (Å²) in [5.74, 6) is -0.201. The number of nitrogens with zero attached hydrogens (tertiary/aromatic N) is 1. The summed E-state index contributed by atoms with van der Waals surface area (Å²) in [7, 11) is -3.98. The monoisotopic (exact) mass is 369 g/mol. The highest BCUT2D eigenvalue weighted by Gasteiger charge is 2.18. The number of carbonyl (C=O) groups excluding carboxylic acids is 1. The van der Waals surface area contributed by atoms with Gasteiger partial charge in [0.05, 0.1) is 4.48 Å². The van der Waals surface area contributed by atoms with Gasteiger partial charge in [0.1, 0.15) is 10.6 Å². The summed E-state index contributed by atoms with van der Waals surface area (Å²) >= 11 is 3.08. The highest BCUT2D eigenvalue weighted by molar-refractivity contribution is 9.12. The molecule has 0 saturated carbocycles. The van der Waals surface area contributed by atoms with Crippen LogP contribution in [-0.2, 0) is 19.2 Å². The van der Waals surface area contributed by atoms with Crippen molar-refractivity contribution in [3.8, 4) is 0 Å². The fourth-order valence-electron chi connectivity index (χ4n) is 1.58. The molecule has 0 radical (unpaired) electrons. The minimum atomic E-state index is -3.98. The Morgan fingerprint density at radius 1 is 1.10 bits per heavy atom. The lowest BCUT2D eigenvalue weighted by Crippen LogP contribution is -2.11. The quantitative estimate of drug-likeness (QED) is 0.606. The largest absolute Gasteiger partial charge is 0.358 e. The van der Waals surface area contributed by atoms with Crippen LogP contribution in [0.5, 0.6) is 0 Å². The molecule has 7 heteroatoms. The van der Waals surface area contributed by atoms with E-state index in [-0.39, 0.29) is 16.4 Å². The van der Waals surface area contributed by atoms with E-state index in [0.717, 1.165) is 5.56 Å². The normalized spacial score (nSPS) is 17.5. The van der Waals surface area contributed by atoms with E-state index in [1.54, 1.807) is 19.1 Å². The number of halogens is 1. The second kappa shape index (κ2) is 5.95. The maximum atomic E-state index is 12.0. The van der Waals surface area contributed by atoms with Gasteiger partial charge >= 0.3 is 10.1 Å². The van der Waals surface area contributed by atoms with Gasteiger partial charge < -0.3 is 0 Å². The molecule has 0 aliphatic heterocycles. The van der Waals surface area contributed by atoms with E-state index in [2.05, 4.69) is 21.1 Å². The molecule has 1 aliphatic carbocycles. The fourth-order valence-corrected chi connectivity index (χ4v) is 2.65. The lowest BCUT2D eigenvalue weighted by Gasteiger charge is -2.08. The van der Waals surface area contributed by atoms with Crippen LogP contribution in [0.2, 0.25) is 0 Å². The molecule has 0 fully saturated rings. The Labute approximate surface area is 131 Å². The molecule has 0 spiro atoms. The second-order valence-corrected chi connectivity index (χ2v) is 6.89. The molecule has 0 bridgehead atoms. The number of carbonyl (C=O) groups is 1. The first-order valence-electron chi connectivity index (χ1n) is 5.98. The second-order valence-electron chi connectivity index (χ2n) is 4.50. The molecular weight excluding hydrogens is 358 g/mol. The third kappa shape index (κ3) is 3.68. The maximum absolute atomic E-state index is 12.0. The lowest BCUT2D eigenvalue weighted by molar-refractivity contribution is -0.110. The van der Waals surface area contributed by atoms with E-state index in [1.807, 2.05) is 6.92 Å². The Bertz CT molecular complexity index is 774. The molecule has 0 N–H and O–H groups in total. The third-order valence-corrected chi connectivity index (χ3v) is 4.53. The minimum Gasteiger partial charge on any atom is -0.289 e. The molecule has 21 heavy (non-hydrogen) atoms. The van der Waals surface area contributed by atoms with Crippen LogP contribution in [0.15, 0.2) is 56.5 Å². The van der Waals surface area contributed by atoms with E-state index >= 15 is 0 Å². The standard InChI is InChI=1S/C14H12BrNO4S/c1-9-3-5-11(6-4-9)21(18,19)20-16-13-8-12(15)14(17)7-10(13)2/h3-8H,1-2H3/b16-13+. The number of hydrogen-bond donors (Lipinski definition) is 0. The molecule has 110 valence electrons. The van der Waals surface area contributed by atoms with Crippen LogP contribution in [-0.4, -0.2) is 19.9 Å². The molecule has 5 nitrogen and oxygen atoms in total. The number of ketones is 1. The molecule has 0 aromatic heterocycles. The first-order valence-corrected chi connectivity index (χ1v) is 8.18. The highest BCUT2D eigenvalue weighted by Crippen LogP contribution is 2.19. The first kappa shape index (κ1) is 15.7. The predicted octanol–water partition coefficient (Wildman–Crippen LogP) is 2.86. The fraction of sp³-hybridized carbons (Fsp3) is 0.143. The SMILES string of the molecule is CC1=CC(=O)C(Br)=C/C1=N\OS(=O)(=O)c1ccc(C)cc1. The summed E-state index contributed by atoms with van der Waals surface area (Å²) in [5.41, 5.74) is 1.75. The summed E-state index contributed by atoms with van der Waals surface area (Å²) in [6.45, 7) is 3.50. The van der Waals surface area contributed by atoms with E-state index < -0.39 is 10.1 Å². The zero-order chi connectivity index (χ0) is 15.6. The van der Waals surface area contributed by atoms with Crippen LogP contribution in [0.4, 0.5) is 0 Å². The summed E-state index contributed by atoms with van der Waals surface area (Å²) in [6.07, 6.45) is 2.77. The van der Waals surface area contributed by atoms with E-state index in [4.69, 9.17) is 4.28 Å². The molecule has 0 heterocycles. The van der Waals surface area contributed by atoms with Crippen molar-refractivity contribution in [2.45, 2.75) is 18.7 Å². The van der Waals surface area contributed by atoms with E-state index in [1.165, 1.54) is 24.3 Å². The van der Waals surface area contributed by atoms with Gasteiger partial charge in [0.25, 0.3) is 0 Å². The van der Waals surface area contributed by atoms with Crippen LogP contribution in [0.25, 0.3) is 0 Å². The Kier molecular flexibility index (Phi) is 4.43. The van der Waals surface area contributed by atoms with Crippen LogP contribution >= 0.6 is 15.9 Å². The van der Waals surface area contributed by atoms with Crippen molar-refractivity contribution in [2.75, 3.05) is 0 Å². The molecule has 0 saturated heterocycles. The summed E-state index contributed by atoms with van der Waals surface area (Å²) in [5, 5.41) is 3.62. The Hall–Kier alpha value is -1.73. The van der Waals surface area contributed by atoms with Gasteiger partial charge in [-0.25, -0.2) is 0 Å². The van der Waals surface area contributed by atoms with Gasteiger partial charge in [-0.15, -0.1) is 0 Å². The first-order chi connectivity index (χ1) is 9.79. The zero-order valence-corrected chi connectivity index (χ0v) is 13.7. The summed E-state index contributed by atoms with van der Waals surface area (Å²) in [4.78, 5) is 11.4. The van der Waals surface area contributed by atoms with Crippen molar-refractivity contribution in [2.24, 2.45) is 5.16 Å². The van der Waals surface area contributed by atoms with Crippen molar-refractivity contribution in [3.63, 3.8) is 0 Å². The van der Waals surface area contributed by atoms with Gasteiger partial charge in [-0.2, -0.15) is 8.42 Å². The third-order valence-electron chi connectivity index (χ3n) is 2.79. The van der Waals surface area contributed by atoms with Crippen LogP contribution in [0.3, 0.4) is 0 Å². The summed E-state index contributed by atoms with van der Waals surface area (Å²) in [6, 6.07) is 6.24. The maximum Gasteiger partial charge on any atom is 0.358 e. The highest BCUT2D eigenvalue weighted by atomic mass is 79.9. The van der Waals surface area contributed by atoms with Crippen molar-refractivity contribution in [3.05, 3.63) is 52.0 Å². The lowest BCUT2D eigenvalue weighted by atomic mass is 10.1. The Morgan fingerprint density at radius 2 is 1.71 bits per heavy atom. The molecular formula is C14H12BrNO4S. The van der Waals surface area contributed by atoms with Crippen LogP contribution < -0.4 is 0 Å². The van der Waals surface area contributed by atoms with Gasteiger partial charge in [-0.05, 0) is 59.6 Å². The number of hydrogen-bond acceptors (Lipinski definition) is 5. The molecule has 1 aromatic rings. The molecule has 0 unspecified atom stereocenters. The van der Waals surface area contributed by atoms with E-state index in [9.17, 15) is 13.2 Å². The van der Waals surface area contributed by atoms with Crippen LogP contribution in [0, 0.1) is 6.92 Å². The average molecular weight is 370 g/mol. The van der Waals surface area contributed by atoms with Crippen molar-refractivity contribution >= 4 is 37.5 Å². The van der Waals surface area contributed by atoms with Gasteiger partial charge in [0.2, 0.25) is 0 Å². The van der Waals surface area contributed by atoms with Gasteiger partial charge in [-0.1, -0.05) is 22.9 Å². The number of oxime groups is 1.